The van der Waals surface area contributed by atoms with Crippen molar-refractivity contribution in [2.24, 2.45) is 0 Å². The van der Waals surface area contributed by atoms with Gasteiger partial charge in [0.05, 0.1) is 12.1 Å². The van der Waals surface area contributed by atoms with Crippen LogP contribution in [-0.4, -0.2) is 28.2 Å². The molecule has 0 amide bonds. The second kappa shape index (κ2) is 7.64. The van der Waals surface area contributed by atoms with Gasteiger partial charge in [0.2, 0.25) is 0 Å². The number of aromatic hydroxyl groups is 1. The van der Waals surface area contributed by atoms with Crippen molar-refractivity contribution < 1.29 is 23.1 Å². The lowest BCUT2D eigenvalue weighted by Crippen LogP contribution is -2.30. The van der Waals surface area contributed by atoms with Crippen molar-refractivity contribution in [1.82, 2.24) is 4.90 Å². The molecular weight excluding hydrogens is 417 g/mol. The number of nitrogens with one attached hydrogen (secondary N) is 1. The number of fused-ring (bicyclic) bond motifs is 1. The molecule has 4 nitrogen and oxygen atoms in total. The lowest BCUT2D eigenvalue weighted by atomic mass is 9.78. The van der Waals surface area contributed by atoms with Crippen LogP contribution in [0.15, 0.2) is 30.3 Å². The zero-order chi connectivity index (χ0) is 24.2. The molecule has 0 fully saturated rings. The van der Waals surface area contributed by atoms with Crippen molar-refractivity contribution in [2.75, 3.05) is 6.54 Å². The van der Waals surface area contributed by atoms with E-state index in [0.717, 1.165) is 12.1 Å². The zero-order valence-electron chi connectivity index (χ0n) is 19.2. The summed E-state index contributed by atoms with van der Waals surface area (Å²) in [6.45, 7) is 11.8. The van der Waals surface area contributed by atoms with E-state index >= 15 is 0 Å². The van der Waals surface area contributed by atoms with Crippen LogP contribution in [0.3, 0.4) is 0 Å². The van der Waals surface area contributed by atoms with E-state index in [1.807, 2.05) is 41.5 Å². The Morgan fingerprint density at radius 2 is 1.53 bits per heavy atom. The Hall–Kier alpha value is -2.83. The number of phenols is 1. The van der Waals surface area contributed by atoms with E-state index in [2.05, 4.69) is 0 Å². The summed E-state index contributed by atoms with van der Waals surface area (Å²) in [5.74, 6) is -0.178. The Balaban J connectivity index is 1.93. The fourth-order valence-electron chi connectivity index (χ4n) is 3.90. The van der Waals surface area contributed by atoms with Gasteiger partial charge in [0.1, 0.15) is 11.6 Å². The molecule has 0 bridgehead atoms. The summed E-state index contributed by atoms with van der Waals surface area (Å²) in [4.78, 5) is 14.7. The van der Waals surface area contributed by atoms with Crippen LogP contribution in [0.2, 0.25) is 0 Å². The molecule has 0 radical (unpaired) electrons. The minimum absolute atomic E-state index is 0.0923. The van der Waals surface area contributed by atoms with E-state index < -0.39 is 22.6 Å². The third-order valence-electron chi connectivity index (χ3n) is 5.75. The summed E-state index contributed by atoms with van der Waals surface area (Å²) in [5.41, 5.74) is 0.910. The van der Waals surface area contributed by atoms with E-state index in [1.54, 1.807) is 12.1 Å². The SMILES string of the molecule is CC(C)(C)c1cc(C(=O)CN2Cc3ccc(C(F)(F)F)cc3C2=N)cc(C(C)(C)C)c1O. The Bertz CT molecular complexity index is 1050. The van der Waals surface area contributed by atoms with Crippen molar-refractivity contribution >= 4 is 11.6 Å². The molecule has 3 rings (SSSR count). The Morgan fingerprint density at radius 1 is 1.00 bits per heavy atom. The van der Waals surface area contributed by atoms with Gasteiger partial charge in [-0.25, -0.2) is 0 Å². The second-order valence-corrected chi connectivity index (χ2v) is 10.4. The first-order valence-corrected chi connectivity index (χ1v) is 10.5. The molecule has 2 N–H and O–H groups in total. The van der Waals surface area contributed by atoms with Crippen molar-refractivity contribution in [3.05, 3.63) is 63.7 Å². The van der Waals surface area contributed by atoms with Gasteiger partial charge in [0.25, 0.3) is 0 Å². The highest BCUT2D eigenvalue weighted by atomic mass is 19.4. The van der Waals surface area contributed by atoms with Crippen LogP contribution < -0.4 is 0 Å². The molecule has 172 valence electrons. The Labute approximate surface area is 186 Å². The van der Waals surface area contributed by atoms with Crippen LogP contribution in [0.4, 0.5) is 13.2 Å². The summed E-state index contributed by atoms with van der Waals surface area (Å²) < 4.78 is 39.2. The van der Waals surface area contributed by atoms with Crippen molar-refractivity contribution in [2.45, 2.75) is 65.1 Å². The first-order chi connectivity index (χ1) is 14.5. The first kappa shape index (κ1) is 23.8. The maximum Gasteiger partial charge on any atom is 0.416 e. The van der Waals surface area contributed by atoms with Crippen molar-refractivity contribution in [3.63, 3.8) is 0 Å². The normalized spacial score (nSPS) is 14.7. The molecule has 1 aliphatic rings. The molecule has 0 saturated carbocycles. The van der Waals surface area contributed by atoms with E-state index in [1.165, 1.54) is 11.0 Å². The van der Waals surface area contributed by atoms with Crippen LogP contribution in [0, 0.1) is 5.41 Å². The number of ketones is 1. The van der Waals surface area contributed by atoms with Gasteiger partial charge >= 0.3 is 6.18 Å². The number of amidine groups is 1. The van der Waals surface area contributed by atoms with Crippen LogP contribution >= 0.6 is 0 Å². The van der Waals surface area contributed by atoms with Gasteiger partial charge in [-0.2, -0.15) is 13.2 Å². The van der Waals surface area contributed by atoms with E-state index in [-0.39, 0.29) is 36.0 Å². The topological polar surface area (TPSA) is 64.4 Å². The first-order valence-electron chi connectivity index (χ1n) is 10.5. The predicted molar refractivity (Wildman–Crippen MR) is 119 cm³/mol. The second-order valence-electron chi connectivity index (χ2n) is 10.4. The standard InChI is InChI=1S/C25H29F3N2O2/c1-23(2,3)18-9-15(10-19(21(18)32)24(4,5)6)20(31)13-30-12-14-7-8-16(25(26,27)28)11-17(14)22(30)29/h7-11,29,32H,12-13H2,1-6H3. The number of carbonyl (C=O) groups excluding carboxylic acids is 1. The number of phenolic OH excluding ortho intramolecular Hbond substituents is 1. The molecule has 0 atom stereocenters. The van der Waals surface area contributed by atoms with Crippen LogP contribution in [-0.2, 0) is 23.6 Å². The highest BCUT2D eigenvalue weighted by Crippen LogP contribution is 2.40. The quantitative estimate of drug-likeness (QED) is 0.566. The maximum absolute atomic E-state index is 13.2. The monoisotopic (exact) mass is 446 g/mol. The van der Waals surface area contributed by atoms with Gasteiger partial charge in [-0.15, -0.1) is 0 Å². The smallest absolute Gasteiger partial charge is 0.416 e. The average molecular weight is 447 g/mol. The number of hydrogen-bond acceptors (Lipinski definition) is 3. The number of alkyl halides is 3. The van der Waals surface area contributed by atoms with E-state index in [0.29, 0.717) is 22.3 Å². The molecule has 0 saturated heterocycles. The Morgan fingerprint density at radius 3 is 2.00 bits per heavy atom. The van der Waals surface area contributed by atoms with Crippen LogP contribution in [0.1, 0.15) is 79.7 Å². The Kier molecular flexibility index (Phi) is 5.69. The molecule has 0 spiro atoms. The number of benzene rings is 2. The fraction of sp³-hybridized carbons (Fsp3) is 0.440. The van der Waals surface area contributed by atoms with Gasteiger partial charge in [0, 0.05) is 28.8 Å². The van der Waals surface area contributed by atoms with Gasteiger partial charge in [-0.05, 0) is 40.7 Å². The zero-order valence-corrected chi connectivity index (χ0v) is 19.2. The summed E-state index contributed by atoms with van der Waals surface area (Å²) in [5, 5.41) is 19.2. The number of hydrogen-bond donors (Lipinski definition) is 2. The molecule has 1 aliphatic heterocycles. The minimum atomic E-state index is -4.49. The minimum Gasteiger partial charge on any atom is -0.507 e. The number of carbonyl (C=O) groups is 1. The molecule has 1 heterocycles. The molecule has 7 heteroatoms. The number of Topliss-reactive ketones (excluding diaryl/α,β-unsaturated/α-hetero) is 1. The molecular formula is C25H29F3N2O2. The highest BCUT2D eigenvalue weighted by molar-refractivity contribution is 6.05. The van der Waals surface area contributed by atoms with E-state index in [4.69, 9.17) is 5.41 Å². The van der Waals surface area contributed by atoms with Crippen molar-refractivity contribution in [1.29, 1.82) is 5.41 Å². The van der Waals surface area contributed by atoms with E-state index in [9.17, 15) is 23.1 Å². The number of halogens is 3. The molecule has 0 unspecified atom stereocenters. The third kappa shape index (κ3) is 4.52. The number of nitrogens with zero attached hydrogens (tertiary/aromatic N) is 1. The number of rotatable bonds is 3. The van der Waals surface area contributed by atoms with Crippen LogP contribution in [0.5, 0.6) is 5.75 Å². The molecule has 32 heavy (non-hydrogen) atoms. The van der Waals surface area contributed by atoms with Gasteiger partial charge < -0.3 is 10.0 Å². The van der Waals surface area contributed by atoms with Gasteiger partial charge in [0.15, 0.2) is 5.78 Å². The summed E-state index contributed by atoms with van der Waals surface area (Å²) in [7, 11) is 0. The predicted octanol–water partition coefficient (Wildman–Crippen LogP) is 6.03. The summed E-state index contributed by atoms with van der Waals surface area (Å²) >= 11 is 0. The molecule has 0 aliphatic carbocycles. The maximum atomic E-state index is 13.2. The summed E-state index contributed by atoms with van der Waals surface area (Å²) in [6, 6.07) is 6.71. The van der Waals surface area contributed by atoms with Gasteiger partial charge in [-0.1, -0.05) is 47.6 Å². The molecule has 0 aromatic heterocycles. The van der Waals surface area contributed by atoms with Crippen LogP contribution in [0.25, 0.3) is 0 Å². The third-order valence-corrected chi connectivity index (χ3v) is 5.75. The lowest BCUT2D eigenvalue weighted by Gasteiger charge is -2.28. The highest BCUT2D eigenvalue weighted by Gasteiger charge is 2.34. The average Bonchev–Trinajstić information content (AvgIpc) is 2.94. The van der Waals surface area contributed by atoms with Crippen molar-refractivity contribution in [3.8, 4) is 5.75 Å². The lowest BCUT2D eigenvalue weighted by molar-refractivity contribution is -0.137. The molecule has 2 aromatic carbocycles. The molecule has 2 aromatic rings. The summed E-state index contributed by atoms with van der Waals surface area (Å²) in [6.07, 6.45) is -4.49. The van der Waals surface area contributed by atoms with Gasteiger partial charge in [-0.3, -0.25) is 10.2 Å². The largest absolute Gasteiger partial charge is 0.507 e. The fourth-order valence-corrected chi connectivity index (χ4v) is 3.90.